The van der Waals surface area contributed by atoms with Gasteiger partial charge in [-0.25, -0.2) is 0 Å². The summed E-state index contributed by atoms with van der Waals surface area (Å²) in [4.78, 5) is 0. The summed E-state index contributed by atoms with van der Waals surface area (Å²) in [6.45, 7) is 1.18. The smallest absolute Gasteiger partial charge is 0.122 e. The largest absolute Gasteiger partial charge is 0.507 e. The van der Waals surface area contributed by atoms with Crippen molar-refractivity contribution in [3.63, 3.8) is 0 Å². The first-order chi connectivity index (χ1) is 39.1. The normalized spacial score (nSPS) is 12.0. The highest BCUT2D eigenvalue weighted by atomic mass is 16.5. The lowest BCUT2D eigenvalue weighted by Gasteiger charge is -2.20. The van der Waals surface area contributed by atoms with Gasteiger partial charge in [-0.1, -0.05) is 152 Å². The maximum absolute atomic E-state index is 12.5. The zero-order valence-electron chi connectivity index (χ0n) is 44.1. The lowest BCUT2D eigenvalue weighted by Crippen LogP contribution is -2.05. The lowest BCUT2D eigenvalue weighted by atomic mass is 9.91. The van der Waals surface area contributed by atoms with Crippen LogP contribution in [0.1, 0.15) is 83.5 Å². The van der Waals surface area contributed by atoms with E-state index < -0.39 is 0 Å². The molecule has 1 aliphatic rings. The van der Waals surface area contributed by atoms with Crippen LogP contribution in [0.2, 0.25) is 0 Å². The monoisotopic (exact) mass is 1060 g/mol. The first-order valence-electron chi connectivity index (χ1n) is 26.7. The van der Waals surface area contributed by atoms with E-state index in [1.165, 1.54) is 0 Å². The Hall–Kier alpha value is -9.80. The molecule has 0 saturated heterocycles. The van der Waals surface area contributed by atoms with E-state index in [-0.39, 0.29) is 93.9 Å². The van der Waals surface area contributed by atoms with Gasteiger partial charge in [0.05, 0.1) is 0 Å². The molecular weight excluding hydrogens is 1000 g/mol. The first kappa shape index (κ1) is 52.3. The van der Waals surface area contributed by atoms with Crippen molar-refractivity contribution >= 4 is 0 Å². The van der Waals surface area contributed by atoms with Gasteiger partial charge in [0.1, 0.15) is 90.5 Å². The Balaban J connectivity index is 1.10. The van der Waals surface area contributed by atoms with E-state index in [1.807, 2.05) is 152 Å². The van der Waals surface area contributed by atoms with Crippen molar-refractivity contribution in [1.29, 1.82) is 0 Å². The highest BCUT2D eigenvalue weighted by Gasteiger charge is 2.24. The minimum atomic E-state index is -0.0596. The fourth-order valence-electron chi connectivity index (χ4n) is 10.1. The Kier molecular flexibility index (Phi) is 15.8. The number of phenolic OH excluding ortho intramolecular Hbond substituents is 5. The minimum absolute atomic E-state index is 0.0419. The molecule has 10 heteroatoms. The molecule has 0 aromatic heterocycles. The molecule has 5 N–H and O–H groups in total. The lowest BCUT2D eigenvalue weighted by molar-refractivity contribution is 0.304. The summed E-state index contributed by atoms with van der Waals surface area (Å²) in [7, 11) is 0. The summed E-state index contributed by atoms with van der Waals surface area (Å²) < 4.78 is 32.4. The fraction of sp³-hybridized carbons (Fsp3) is 0.143. The van der Waals surface area contributed by atoms with Gasteiger partial charge in [0.25, 0.3) is 0 Å². The Morgan fingerprint density at radius 2 is 0.350 bits per heavy atom. The molecule has 10 bridgehead atoms. The van der Waals surface area contributed by atoms with Crippen LogP contribution in [0.25, 0.3) is 0 Å². The van der Waals surface area contributed by atoms with Crippen LogP contribution in [-0.4, -0.2) is 25.5 Å². The van der Waals surface area contributed by atoms with Crippen LogP contribution < -0.4 is 23.7 Å². The number of hydrogen-bond acceptors (Lipinski definition) is 10. The molecule has 10 aromatic rings. The number of fused-ring (bicyclic) bond motifs is 10. The van der Waals surface area contributed by atoms with Gasteiger partial charge in [-0.3, -0.25) is 0 Å². The first-order valence-corrected chi connectivity index (χ1v) is 26.7. The van der Waals surface area contributed by atoms with Gasteiger partial charge < -0.3 is 49.2 Å². The zero-order valence-corrected chi connectivity index (χ0v) is 44.1. The van der Waals surface area contributed by atoms with Crippen LogP contribution in [0.5, 0.6) is 57.5 Å². The van der Waals surface area contributed by atoms with Crippen molar-refractivity contribution in [2.24, 2.45) is 0 Å². The summed E-state index contributed by atoms with van der Waals surface area (Å²) in [5.41, 5.74) is 9.18. The zero-order chi connectivity index (χ0) is 54.8. The summed E-state index contributed by atoms with van der Waals surface area (Å²) in [6.07, 6.45) is 0.210. The van der Waals surface area contributed by atoms with Crippen LogP contribution in [0, 0.1) is 0 Å². The molecule has 11 rings (SSSR count). The Morgan fingerprint density at radius 3 is 0.487 bits per heavy atom. The average Bonchev–Trinajstić information content (AvgIpc) is 3.49. The summed E-state index contributed by atoms with van der Waals surface area (Å²) in [5.74, 6) is 2.00. The molecule has 0 saturated carbocycles. The molecular formula is C70H60O10. The highest BCUT2D eigenvalue weighted by molar-refractivity contribution is 5.60. The molecule has 0 aliphatic heterocycles. The van der Waals surface area contributed by atoms with E-state index in [9.17, 15) is 25.5 Å². The topological polar surface area (TPSA) is 147 Å². The van der Waals surface area contributed by atoms with Crippen molar-refractivity contribution in [1.82, 2.24) is 0 Å². The average molecular weight is 1060 g/mol. The number of rotatable bonds is 15. The van der Waals surface area contributed by atoms with Crippen LogP contribution >= 0.6 is 0 Å². The quantitative estimate of drug-likeness (QED) is 0.0672. The van der Waals surface area contributed by atoms with Gasteiger partial charge in [-0.15, -0.1) is 0 Å². The van der Waals surface area contributed by atoms with E-state index in [2.05, 4.69) is 0 Å². The third-order valence-corrected chi connectivity index (χ3v) is 14.4. The van der Waals surface area contributed by atoms with Gasteiger partial charge in [0.2, 0.25) is 0 Å². The molecule has 0 amide bonds. The van der Waals surface area contributed by atoms with Crippen molar-refractivity contribution < 1.29 is 49.2 Å². The van der Waals surface area contributed by atoms with Gasteiger partial charge in [0, 0.05) is 87.7 Å². The van der Waals surface area contributed by atoms with Gasteiger partial charge >= 0.3 is 0 Å². The number of benzene rings is 10. The second-order valence-corrected chi connectivity index (χ2v) is 20.2. The van der Waals surface area contributed by atoms with Crippen LogP contribution in [0.4, 0.5) is 0 Å². The van der Waals surface area contributed by atoms with Crippen LogP contribution in [-0.2, 0) is 65.1 Å². The van der Waals surface area contributed by atoms with Crippen molar-refractivity contribution in [3.8, 4) is 57.5 Å². The van der Waals surface area contributed by atoms with Gasteiger partial charge in [-0.2, -0.15) is 0 Å². The number of ether oxygens (including phenoxy) is 5. The van der Waals surface area contributed by atoms with Gasteiger partial charge in [0.15, 0.2) is 0 Å². The maximum atomic E-state index is 12.5. The molecule has 10 aromatic carbocycles. The van der Waals surface area contributed by atoms with E-state index in [0.717, 1.165) is 27.8 Å². The Morgan fingerprint density at radius 1 is 0.212 bits per heavy atom. The third kappa shape index (κ3) is 12.8. The summed E-state index contributed by atoms with van der Waals surface area (Å²) in [6, 6.07) is 66.6. The fourth-order valence-corrected chi connectivity index (χ4v) is 10.1. The van der Waals surface area contributed by atoms with Crippen LogP contribution in [0.3, 0.4) is 0 Å². The van der Waals surface area contributed by atoms with E-state index in [0.29, 0.717) is 84.4 Å². The standard InChI is InChI=1S/C70H60O10/c71-66-51-26-53-33-62(77-42-47-18-8-2-9-19-47)35-55(67(53)72)28-57-37-64(79-44-49-22-12-4-13-23-49)39-59(69(57)74)30-60-40-65(80-45-50-24-14-5-15-25-50)38-58(70(60)75)29-56-36-63(78-43-48-20-10-3-11-21-48)34-54(68(56)73)27-52(66)32-61(31-51)76-41-46-16-6-1-7-17-46/h1-25,31-40,71-75H,26-30,41-45H2. The third-order valence-electron chi connectivity index (χ3n) is 14.4. The predicted octanol–water partition coefficient (Wildman–Crippen LogP) is 14.4. The van der Waals surface area contributed by atoms with Crippen molar-refractivity contribution in [3.05, 3.63) is 296 Å². The molecule has 10 nitrogen and oxygen atoms in total. The van der Waals surface area contributed by atoms with Gasteiger partial charge in [-0.05, 0) is 88.5 Å². The molecule has 0 fully saturated rings. The molecule has 0 spiro atoms. The number of hydrogen-bond donors (Lipinski definition) is 5. The molecule has 400 valence electrons. The molecule has 80 heavy (non-hydrogen) atoms. The van der Waals surface area contributed by atoms with Crippen molar-refractivity contribution in [2.45, 2.75) is 65.1 Å². The predicted molar refractivity (Wildman–Crippen MR) is 308 cm³/mol. The number of phenols is 5. The van der Waals surface area contributed by atoms with E-state index >= 15 is 0 Å². The van der Waals surface area contributed by atoms with E-state index in [4.69, 9.17) is 23.7 Å². The van der Waals surface area contributed by atoms with Crippen molar-refractivity contribution in [2.75, 3.05) is 0 Å². The maximum Gasteiger partial charge on any atom is 0.122 e. The second kappa shape index (κ2) is 24.3. The highest BCUT2D eigenvalue weighted by Crippen LogP contribution is 2.43. The summed E-state index contributed by atoms with van der Waals surface area (Å²) >= 11 is 0. The minimum Gasteiger partial charge on any atom is -0.507 e. The Bertz CT molecular complexity index is 3050. The molecule has 0 unspecified atom stereocenters. The second-order valence-electron chi connectivity index (χ2n) is 20.2. The summed E-state index contributed by atoms with van der Waals surface area (Å²) in [5, 5.41) is 62.6. The van der Waals surface area contributed by atoms with Crippen LogP contribution in [0.15, 0.2) is 212 Å². The number of aromatic hydroxyl groups is 5. The molecule has 1 aliphatic carbocycles. The molecule has 0 heterocycles. The van der Waals surface area contributed by atoms with E-state index in [1.54, 1.807) is 60.7 Å². The SMILES string of the molecule is Oc1c2cc(OCc3ccccc3)cc1Cc1cc(OCc3ccccc3)cc(c1O)Cc1cc(OCc3ccccc3)cc(c1O)Cc1cc(OCc3ccccc3)cc(c1O)Cc1cc(OCc3ccccc3)cc(c1O)C2. The molecule has 0 radical (unpaired) electrons. The molecule has 0 atom stereocenters. The Labute approximate surface area is 465 Å².